The van der Waals surface area contributed by atoms with Gasteiger partial charge in [0.1, 0.15) is 5.82 Å². The fourth-order valence-corrected chi connectivity index (χ4v) is 3.11. The highest BCUT2D eigenvalue weighted by molar-refractivity contribution is 7.89. The quantitative estimate of drug-likeness (QED) is 0.934. The lowest BCUT2D eigenvalue weighted by Crippen LogP contribution is -2.35. The Labute approximate surface area is 134 Å². The number of halogens is 1. The van der Waals surface area contributed by atoms with E-state index in [0.717, 1.165) is 11.4 Å². The third-order valence-electron chi connectivity index (χ3n) is 3.59. The number of benzene rings is 2. The zero-order chi connectivity index (χ0) is 16.4. The van der Waals surface area contributed by atoms with Crippen molar-refractivity contribution < 1.29 is 12.8 Å². The van der Waals surface area contributed by atoms with Gasteiger partial charge in [-0.1, -0.05) is 0 Å². The molecule has 120 valence electrons. The van der Waals surface area contributed by atoms with Gasteiger partial charge in [-0.3, -0.25) is 10.0 Å². The first-order chi connectivity index (χ1) is 11.0. The van der Waals surface area contributed by atoms with Crippen molar-refractivity contribution in [2.24, 2.45) is 0 Å². The highest BCUT2D eigenvalue weighted by Crippen LogP contribution is 2.27. The predicted octanol–water partition coefficient (Wildman–Crippen LogP) is 2.49. The van der Waals surface area contributed by atoms with Gasteiger partial charge in [-0.2, -0.15) is 0 Å². The average molecular weight is 333 g/mol. The van der Waals surface area contributed by atoms with Crippen LogP contribution in [0, 0.1) is 5.82 Å². The van der Waals surface area contributed by atoms with Crippen LogP contribution in [0.25, 0.3) is 0 Å². The van der Waals surface area contributed by atoms with Crippen LogP contribution in [0.5, 0.6) is 0 Å². The van der Waals surface area contributed by atoms with Gasteiger partial charge in [0.05, 0.1) is 22.8 Å². The topological polar surface area (TPSA) is 52.7 Å². The third-order valence-corrected chi connectivity index (χ3v) is 5.02. The van der Waals surface area contributed by atoms with Crippen molar-refractivity contribution >= 4 is 21.4 Å². The lowest BCUT2D eigenvalue weighted by Gasteiger charge is -2.31. The molecule has 23 heavy (non-hydrogen) atoms. The maximum absolute atomic E-state index is 13.1. The van der Waals surface area contributed by atoms with Crippen LogP contribution in [0.3, 0.4) is 0 Å². The van der Waals surface area contributed by atoms with E-state index in [1.165, 1.54) is 19.2 Å². The van der Waals surface area contributed by atoms with Crippen molar-refractivity contribution in [1.29, 1.82) is 0 Å². The molecular weight excluding hydrogens is 317 g/mol. The fraction of sp³-hybridized carbons (Fsp3) is 0.125. The molecule has 0 spiro atoms. The molecule has 2 aromatic carbocycles. The van der Waals surface area contributed by atoms with Crippen molar-refractivity contribution in [3.8, 4) is 0 Å². The summed E-state index contributed by atoms with van der Waals surface area (Å²) in [5.41, 5.74) is 1.67. The molecule has 1 N–H and O–H groups in total. The summed E-state index contributed by atoms with van der Waals surface area (Å²) >= 11 is 0. The highest BCUT2D eigenvalue weighted by atomic mass is 32.2. The molecule has 0 saturated carbocycles. The molecule has 0 saturated heterocycles. The molecule has 1 heterocycles. The Morgan fingerprint density at radius 3 is 2.22 bits per heavy atom. The van der Waals surface area contributed by atoms with Crippen LogP contribution in [0.2, 0.25) is 0 Å². The zero-order valence-electron chi connectivity index (χ0n) is 12.5. The van der Waals surface area contributed by atoms with Crippen LogP contribution in [0.1, 0.15) is 0 Å². The van der Waals surface area contributed by atoms with Crippen LogP contribution in [0.4, 0.5) is 15.8 Å². The SMILES string of the molecule is CNS(=O)(=O)c1ccc(N2C=CCN2c2ccc(F)cc2)cc1. The van der Waals surface area contributed by atoms with Gasteiger partial charge in [0.2, 0.25) is 10.0 Å². The largest absolute Gasteiger partial charge is 0.277 e. The average Bonchev–Trinajstić information content (AvgIpc) is 3.05. The number of nitrogens with zero attached hydrogens (tertiary/aromatic N) is 2. The number of nitrogens with one attached hydrogen (secondary N) is 1. The monoisotopic (exact) mass is 333 g/mol. The summed E-state index contributed by atoms with van der Waals surface area (Å²) in [6.07, 6.45) is 3.87. The van der Waals surface area contributed by atoms with Crippen LogP contribution >= 0.6 is 0 Å². The Bertz CT molecular complexity index is 817. The Kier molecular flexibility index (Phi) is 4.06. The second kappa shape index (κ2) is 6.02. The standard InChI is InChI=1S/C16H16FN3O2S/c1-18-23(21,22)16-9-7-15(8-10-16)20-12-2-11-19(20)14-5-3-13(17)4-6-14/h2-10,12,18H,11H2,1H3. The fourth-order valence-electron chi connectivity index (χ4n) is 2.38. The van der Waals surface area contributed by atoms with Crippen LogP contribution < -0.4 is 14.7 Å². The molecule has 0 atom stereocenters. The van der Waals surface area contributed by atoms with E-state index in [0.29, 0.717) is 6.54 Å². The molecule has 0 aliphatic carbocycles. The first-order valence-electron chi connectivity index (χ1n) is 7.04. The van der Waals surface area contributed by atoms with E-state index in [2.05, 4.69) is 4.72 Å². The van der Waals surface area contributed by atoms with E-state index < -0.39 is 10.0 Å². The minimum absolute atomic E-state index is 0.209. The lowest BCUT2D eigenvalue weighted by atomic mass is 10.3. The van der Waals surface area contributed by atoms with E-state index in [9.17, 15) is 12.8 Å². The van der Waals surface area contributed by atoms with Crippen LogP contribution in [0.15, 0.2) is 65.7 Å². The molecule has 5 nitrogen and oxygen atoms in total. The van der Waals surface area contributed by atoms with Gasteiger partial charge < -0.3 is 0 Å². The third kappa shape index (κ3) is 3.06. The highest BCUT2D eigenvalue weighted by Gasteiger charge is 2.19. The smallest absolute Gasteiger partial charge is 0.240 e. The molecular formula is C16H16FN3O2S. The molecule has 3 rings (SSSR count). The number of sulfonamides is 1. The molecule has 0 fully saturated rings. The Morgan fingerprint density at radius 2 is 1.61 bits per heavy atom. The van der Waals surface area contributed by atoms with Gasteiger partial charge in [-0.25, -0.2) is 17.5 Å². The van der Waals surface area contributed by atoms with Crippen molar-refractivity contribution in [2.45, 2.75) is 4.90 Å². The van der Waals surface area contributed by atoms with E-state index in [1.807, 2.05) is 22.3 Å². The molecule has 0 unspecified atom stereocenters. The number of anilines is 2. The van der Waals surface area contributed by atoms with E-state index in [4.69, 9.17) is 0 Å². The minimum atomic E-state index is -3.45. The maximum Gasteiger partial charge on any atom is 0.240 e. The summed E-state index contributed by atoms with van der Waals surface area (Å²) in [6, 6.07) is 12.8. The summed E-state index contributed by atoms with van der Waals surface area (Å²) in [4.78, 5) is 0.209. The molecule has 1 aliphatic heterocycles. The lowest BCUT2D eigenvalue weighted by molar-refractivity contribution is 0.588. The number of hydrogen-bond acceptors (Lipinski definition) is 4. The van der Waals surface area contributed by atoms with Gasteiger partial charge in [0, 0.05) is 6.20 Å². The zero-order valence-corrected chi connectivity index (χ0v) is 13.3. The summed E-state index contributed by atoms with van der Waals surface area (Å²) in [5.74, 6) is -0.283. The van der Waals surface area contributed by atoms with E-state index in [1.54, 1.807) is 36.4 Å². The van der Waals surface area contributed by atoms with Gasteiger partial charge >= 0.3 is 0 Å². The second-order valence-electron chi connectivity index (χ2n) is 4.99. The summed E-state index contributed by atoms with van der Waals surface area (Å²) < 4.78 is 38.9. The molecule has 0 bridgehead atoms. The maximum atomic E-state index is 13.1. The number of hydrazine groups is 1. The number of hydrogen-bond donors (Lipinski definition) is 1. The van der Waals surface area contributed by atoms with Gasteiger partial charge in [-0.15, -0.1) is 0 Å². The molecule has 0 radical (unpaired) electrons. The normalized spacial score (nSPS) is 14.5. The minimum Gasteiger partial charge on any atom is -0.277 e. The van der Waals surface area contributed by atoms with Crippen molar-refractivity contribution in [1.82, 2.24) is 4.72 Å². The van der Waals surface area contributed by atoms with Gasteiger partial charge in [-0.05, 0) is 61.7 Å². The first kappa shape index (κ1) is 15.5. The summed E-state index contributed by atoms with van der Waals surface area (Å²) in [6.45, 7) is 0.655. The molecule has 0 amide bonds. The Morgan fingerprint density at radius 1 is 1.00 bits per heavy atom. The summed E-state index contributed by atoms with van der Waals surface area (Å²) in [5, 5.41) is 3.85. The molecule has 2 aromatic rings. The van der Waals surface area contributed by atoms with Crippen molar-refractivity contribution in [2.75, 3.05) is 23.6 Å². The summed E-state index contributed by atoms with van der Waals surface area (Å²) in [7, 11) is -2.07. The predicted molar refractivity (Wildman–Crippen MR) is 88.1 cm³/mol. The first-order valence-corrected chi connectivity index (χ1v) is 8.52. The molecule has 0 aromatic heterocycles. The van der Waals surface area contributed by atoms with Crippen molar-refractivity contribution in [3.63, 3.8) is 0 Å². The van der Waals surface area contributed by atoms with E-state index in [-0.39, 0.29) is 10.7 Å². The van der Waals surface area contributed by atoms with Crippen molar-refractivity contribution in [3.05, 3.63) is 66.6 Å². The Hall–Kier alpha value is -2.38. The van der Waals surface area contributed by atoms with E-state index >= 15 is 0 Å². The number of rotatable bonds is 4. The molecule has 7 heteroatoms. The van der Waals surface area contributed by atoms with Gasteiger partial charge in [0.15, 0.2) is 0 Å². The van der Waals surface area contributed by atoms with Gasteiger partial charge in [0.25, 0.3) is 0 Å². The second-order valence-corrected chi connectivity index (χ2v) is 6.88. The molecule has 1 aliphatic rings. The van der Waals surface area contributed by atoms with Crippen LogP contribution in [-0.2, 0) is 10.0 Å². The Balaban J connectivity index is 1.88. The van der Waals surface area contributed by atoms with Crippen LogP contribution in [-0.4, -0.2) is 22.0 Å².